The highest BCUT2D eigenvalue weighted by atomic mass is 32.2. The van der Waals surface area contributed by atoms with E-state index in [-0.39, 0.29) is 6.04 Å². The third-order valence-electron chi connectivity index (χ3n) is 2.65. The molecule has 0 radical (unpaired) electrons. The van der Waals surface area contributed by atoms with E-state index in [4.69, 9.17) is 5.73 Å². The third kappa shape index (κ3) is 3.89. The third-order valence-corrected chi connectivity index (χ3v) is 3.64. The summed E-state index contributed by atoms with van der Waals surface area (Å²) < 4.78 is 2.19. The van der Waals surface area contributed by atoms with Crippen molar-refractivity contribution in [1.29, 1.82) is 0 Å². The van der Waals surface area contributed by atoms with Crippen LogP contribution in [0.1, 0.15) is 12.7 Å². The second kappa shape index (κ2) is 6.61. The Bertz CT molecular complexity index is 465. The Morgan fingerprint density at radius 2 is 2.11 bits per heavy atom. The van der Waals surface area contributed by atoms with Crippen LogP contribution in [-0.2, 0) is 13.0 Å². The summed E-state index contributed by atoms with van der Waals surface area (Å²) in [6.45, 7) is 2.99. The number of nitrogens with two attached hydrogens (primary N) is 1. The summed E-state index contributed by atoms with van der Waals surface area (Å²) in [7, 11) is 0. The number of nitrogens with zero attached hydrogens (tertiary/aromatic N) is 2. The van der Waals surface area contributed by atoms with E-state index in [2.05, 4.69) is 33.8 Å². The predicted octanol–water partition coefficient (Wildman–Crippen LogP) is 2.57. The molecule has 0 aliphatic rings. The van der Waals surface area contributed by atoms with Gasteiger partial charge in [-0.05, 0) is 19.1 Å². The number of hydrogen-bond acceptors (Lipinski definition) is 3. The number of rotatable bonds is 6. The zero-order valence-electron chi connectivity index (χ0n) is 10.6. The molecule has 0 bridgehead atoms. The summed E-state index contributed by atoms with van der Waals surface area (Å²) in [5.41, 5.74) is 5.81. The second-order valence-electron chi connectivity index (χ2n) is 4.38. The average molecular weight is 261 g/mol. The van der Waals surface area contributed by atoms with Gasteiger partial charge in [-0.25, -0.2) is 4.98 Å². The molecule has 1 unspecified atom stereocenters. The van der Waals surface area contributed by atoms with E-state index in [1.54, 1.807) is 0 Å². The molecule has 2 N–H and O–H groups in total. The van der Waals surface area contributed by atoms with Crippen molar-refractivity contribution >= 4 is 11.8 Å². The first kappa shape index (κ1) is 13.2. The monoisotopic (exact) mass is 261 g/mol. The highest BCUT2D eigenvalue weighted by molar-refractivity contribution is 7.99. The van der Waals surface area contributed by atoms with Crippen LogP contribution in [0.3, 0.4) is 0 Å². The van der Waals surface area contributed by atoms with Gasteiger partial charge in [0.05, 0.1) is 0 Å². The van der Waals surface area contributed by atoms with Crippen LogP contribution in [0.4, 0.5) is 0 Å². The number of aromatic nitrogens is 2. The van der Waals surface area contributed by atoms with Crippen LogP contribution in [-0.4, -0.2) is 21.3 Å². The fourth-order valence-corrected chi connectivity index (χ4v) is 2.67. The largest absolute Gasteiger partial charge is 0.334 e. The van der Waals surface area contributed by atoms with Gasteiger partial charge in [-0.15, -0.1) is 11.8 Å². The fourth-order valence-electron chi connectivity index (χ4n) is 1.80. The molecule has 0 aliphatic heterocycles. The lowest BCUT2D eigenvalue weighted by molar-refractivity contribution is 0.640. The molecule has 2 rings (SSSR count). The minimum Gasteiger partial charge on any atom is -0.334 e. The molecule has 0 saturated carbocycles. The first-order valence-electron chi connectivity index (χ1n) is 6.19. The lowest BCUT2D eigenvalue weighted by Crippen LogP contribution is -2.20. The normalized spacial score (nSPS) is 12.6. The molecule has 0 amide bonds. The van der Waals surface area contributed by atoms with Crippen LogP contribution < -0.4 is 5.73 Å². The molecular weight excluding hydrogens is 242 g/mol. The highest BCUT2D eigenvalue weighted by Crippen LogP contribution is 2.17. The number of benzene rings is 1. The molecule has 18 heavy (non-hydrogen) atoms. The lowest BCUT2D eigenvalue weighted by Gasteiger charge is -2.09. The highest BCUT2D eigenvalue weighted by Gasteiger charge is 2.05. The van der Waals surface area contributed by atoms with E-state index < -0.39 is 0 Å². The SMILES string of the molecule is CC(N)Cc1nccn1CCSc1ccccc1. The van der Waals surface area contributed by atoms with Gasteiger partial charge in [-0.3, -0.25) is 0 Å². The maximum Gasteiger partial charge on any atom is 0.110 e. The lowest BCUT2D eigenvalue weighted by atomic mass is 10.2. The number of aryl methyl sites for hydroxylation is 1. The molecule has 0 aliphatic carbocycles. The molecule has 4 heteroatoms. The summed E-state index contributed by atoms with van der Waals surface area (Å²) in [6.07, 6.45) is 4.72. The van der Waals surface area contributed by atoms with Crippen LogP contribution in [0.25, 0.3) is 0 Å². The standard InChI is InChI=1S/C14H19N3S/c1-12(15)11-14-16-7-8-17(14)9-10-18-13-5-3-2-4-6-13/h2-8,12H,9-11,15H2,1H3. The molecule has 1 aromatic heterocycles. The van der Waals surface area contributed by atoms with E-state index in [1.807, 2.05) is 37.1 Å². The van der Waals surface area contributed by atoms with Gasteiger partial charge < -0.3 is 10.3 Å². The maximum atomic E-state index is 5.81. The van der Waals surface area contributed by atoms with Crippen LogP contribution in [0.15, 0.2) is 47.6 Å². The minimum absolute atomic E-state index is 0.160. The topological polar surface area (TPSA) is 43.8 Å². The van der Waals surface area contributed by atoms with Gasteiger partial charge in [0.15, 0.2) is 0 Å². The summed E-state index contributed by atoms with van der Waals surface area (Å²) in [6, 6.07) is 10.6. The Morgan fingerprint density at radius 1 is 1.33 bits per heavy atom. The Balaban J connectivity index is 1.85. The quantitative estimate of drug-likeness (QED) is 0.813. The van der Waals surface area contributed by atoms with Gasteiger partial charge in [0.25, 0.3) is 0 Å². The van der Waals surface area contributed by atoms with Crippen LogP contribution in [0.5, 0.6) is 0 Å². The molecule has 1 aromatic carbocycles. The molecule has 1 heterocycles. The van der Waals surface area contributed by atoms with Gasteiger partial charge in [-0.1, -0.05) is 18.2 Å². The zero-order valence-corrected chi connectivity index (χ0v) is 11.4. The van der Waals surface area contributed by atoms with E-state index in [9.17, 15) is 0 Å². The molecule has 3 nitrogen and oxygen atoms in total. The minimum atomic E-state index is 0.160. The van der Waals surface area contributed by atoms with Crippen molar-refractivity contribution < 1.29 is 0 Å². The van der Waals surface area contributed by atoms with Crippen LogP contribution in [0.2, 0.25) is 0 Å². The van der Waals surface area contributed by atoms with Crippen molar-refractivity contribution in [2.24, 2.45) is 5.73 Å². The number of hydrogen-bond donors (Lipinski definition) is 1. The van der Waals surface area contributed by atoms with E-state index in [0.717, 1.165) is 24.5 Å². The fraction of sp³-hybridized carbons (Fsp3) is 0.357. The summed E-state index contributed by atoms with van der Waals surface area (Å²) in [4.78, 5) is 5.67. The Labute approximate surface area is 112 Å². The zero-order chi connectivity index (χ0) is 12.8. The molecule has 0 spiro atoms. The second-order valence-corrected chi connectivity index (χ2v) is 5.55. The van der Waals surface area contributed by atoms with E-state index in [0.29, 0.717) is 0 Å². The first-order valence-corrected chi connectivity index (χ1v) is 7.17. The molecular formula is C14H19N3S. The van der Waals surface area contributed by atoms with Crippen LogP contribution >= 0.6 is 11.8 Å². The van der Waals surface area contributed by atoms with Gasteiger partial charge in [-0.2, -0.15) is 0 Å². The van der Waals surface area contributed by atoms with Crippen molar-refractivity contribution in [3.05, 3.63) is 48.5 Å². The smallest absolute Gasteiger partial charge is 0.110 e. The van der Waals surface area contributed by atoms with Crippen molar-refractivity contribution in [2.45, 2.75) is 30.8 Å². The van der Waals surface area contributed by atoms with Crippen LogP contribution in [0, 0.1) is 0 Å². The molecule has 96 valence electrons. The Kier molecular flexibility index (Phi) is 4.84. The van der Waals surface area contributed by atoms with Crippen molar-refractivity contribution in [3.8, 4) is 0 Å². The van der Waals surface area contributed by atoms with Crippen molar-refractivity contribution in [2.75, 3.05) is 5.75 Å². The predicted molar refractivity (Wildman–Crippen MR) is 76.7 cm³/mol. The Morgan fingerprint density at radius 3 is 2.83 bits per heavy atom. The molecule has 0 fully saturated rings. The van der Waals surface area contributed by atoms with Gasteiger partial charge in [0.2, 0.25) is 0 Å². The number of imidazole rings is 1. The summed E-state index contributed by atoms with van der Waals surface area (Å²) >= 11 is 1.87. The molecule has 0 saturated heterocycles. The molecule has 1 atom stereocenters. The molecule has 2 aromatic rings. The van der Waals surface area contributed by atoms with E-state index >= 15 is 0 Å². The van der Waals surface area contributed by atoms with Gasteiger partial charge in [0.1, 0.15) is 5.82 Å². The van der Waals surface area contributed by atoms with Crippen molar-refractivity contribution in [3.63, 3.8) is 0 Å². The van der Waals surface area contributed by atoms with Crippen molar-refractivity contribution in [1.82, 2.24) is 9.55 Å². The van der Waals surface area contributed by atoms with E-state index in [1.165, 1.54) is 4.90 Å². The van der Waals surface area contributed by atoms with Gasteiger partial charge in [0, 0.05) is 42.0 Å². The first-order chi connectivity index (χ1) is 8.75. The summed E-state index contributed by atoms with van der Waals surface area (Å²) in [5, 5.41) is 0. The summed E-state index contributed by atoms with van der Waals surface area (Å²) in [5.74, 6) is 2.13. The average Bonchev–Trinajstić information content (AvgIpc) is 2.77. The maximum absolute atomic E-state index is 5.81. The number of thioether (sulfide) groups is 1. The van der Waals surface area contributed by atoms with Gasteiger partial charge >= 0.3 is 0 Å². The Hall–Kier alpha value is -1.26.